The molecule has 44 heavy (non-hydrogen) atoms. The number of hydrogen-bond acceptors (Lipinski definition) is 9. The van der Waals surface area contributed by atoms with E-state index in [1.165, 1.54) is 6.92 Å². The molecule has 1 radical (unpaired) electrons. The fraction of sp³-hybridized carbons (Fsp3) is 0.452. The summed E-state index contributed by atoms with van der Waals surface area (Å²) in [6, 6.07) is 15.6. The van der Waals surface area contributed by atoms with Crippen molar-refractivity contribution in [3.8, 4) is 22.5 Å². The van der Waals surface area contributed by atoms with Crippen molar-refractivity contribution in [3.63, 3.8) is 0 Å². The molecule has 0 aliphatic carbocycles. The summed E-state index contributed by atoms with van der Waals surface area (Å²) < 4.78 is 23.8. The fourth-order valence-electron chi connectivity index (χ4n) is 4.70. The van der Waals surface area contributed by atoms with E-state index in [4.69, 9.17) is 18.9 Å². The molecule has 2 aromatic carbocycles. The van der Waals surface area contributed by atoms with Crippen molar-refractivity contribution in [3.05, 3.63) is 54.1 Å². The smallest absolute Gasteiger partial charge is 0.229 e. The van der Waals surface area contributed by atoms with Gasteiger partial charge in [0.1, 0.15) is 5.69 Å². The van der Waals surface area contributed by atoms with Crippen LogP contribution >= 0.6 is 0 Å². The largest absolute Gasteiger partial charge is 0.542 e. The summed E-state index contributed by atoms with van der Waals surface area (Å²) in [5, 5.41) is 11.7. The molecule has 2 heterocycles. The van der Waals surface area contributed by atoms with Crippen molar-refractivity contribution >= 4 is 23.8 Å². The van der Waals surface area contributed by atoms with Gasteiger partial charge in [0.2, 0.25) is 11.8 Å². The molecule has 0 saturated carbocycles. The number of para-hydroxylation sites is 1. The predicted octanol–water partition coefficient (Wildman–Crippen LogP) is 2.55. The molecule has 1 N–H and O–H groups in total. The molecule has 12 nitrogen and oxygen atoms in total. The van der Waals surface area contributed by atoms with Crippen molar-refractivity contribution in [1.29, 1.82) is 0 Å². The van der Waals surface area contributed by atoms with Crippen LogP contribution in [0.1, 0.15) is 25.3 Å². The van der Waals surface area contributed by atoms with Gasteiger partial charge >= 0.3 is 0 Å². The first-order valence-electron chi connectivity index (χ1n) is 14.4. The number of amides is 2. The first-order valence-corrected chi connectivity index (χ1v) is 14.4. The van der Waals surface area contributed by atoms with Crippen LogP contribution in [0.4, 0.5) is 5.69 Å². The summed E-state index contributed by atoms with van der Waals surface area (Å²) in [5.41, 5.74) is 5.05. The zero-order valence-electron chi connectivity index (χ0n) is 25.0. The topological polar surface area (TPSA) is 134 Å². The predicted molar refractivity (Wildman–Crippen MR) is 159 cm³/mol. The molecule has 0 fully saturated rings. The number of benzene rings is 2. The molecular weight excluding hydrogens is 643 g/mol. The van der Waals surface area contributed by atoms with E-state index in [2.05, 4.69) is 15.6 Å². The van der Waals surface area contributed by atoms with Crippen molar-refractivity contribution in [1.82, 2.24) is 20.3 Å². The number of nitrogens with one attached hydrogen (secondary N) is 1. The van der Waals surface area contributed by atoms with Gasteiger partial charge in [-0.3, -0.25) is 15.9 Å². The first kappa shape index (κ1) is 35.6. The third-order valence-electron chi connectivity index (χ3n) is 6.71. The van der Waals surface area contributed by atoms with Gasteiger partial charge in [-0.05, 0) is 11.6 Å². The average molecular weight is 682 g/mol. The van der Waals surface area contributed by atoms with Crippen LogP contribution in [0.15, 0.2) is 48.5 Å². The van der Waals surface area contributed by atoms with Crippen molar-refractivity contribution in [2.45, 2.75) is 32.9 Å². The molecule has 1 aromatic heterocycles. The Labute approximate surface area is 282 Å². The zero-order valence-corrected chi connectivity index (χ0v) is 27.9. The standard InChI is InChI=1S/C31H38N5O7.Y/c1-24(38)32-12-11-29(39)35-23-25-7-2-3-8-26(25)31-30(27-9-4-5-10-28(27)35)33-34-36(31)13-16-41-18-20-43-22-21-42-19-17-40-15-6-14-37;/h2-5,7-10H,6,11-13,15-23H2,1H3,(H,32,38);/q-1;. The number of hydrogen-bond donors (Lipinski definition) is 1. The van der Waals surface area contributed by atoms with Gasteiger partial charge in [-0.15, -0.1) is 11.5 Å². The van der Waals surface area contributed by atoms with E-state index in [0.717, 1.165) is 28.1 Å². The SMILES string of the molecule is CC(=O)NCCC(=O)N1Cc2ccccc2-c2c(nnn2CCOCCOCCOCCOCC[C-]=O)-c2ccccc21.[Y]. The summed E-state index contributed by atoms with van der Waals surface area (Å²) in [6.07, 6.45) is 2.23. The number of aromatic nitrogens is 3. The van der Waals surface area contributed by atoms with Gasteiger partial charge < -0.3 is 34.0 Å². The van der Waals surface area contributed by atoms with Crippen LogP contribution in [0.2, 0.25) is 0 Å². The van der Waals surface area contributed by atoms with Crippen LogP contribution in [0.3, 0.4) is 0 Å². The fourth-order valence-corrected chi connectivity index (χ4v) is 4.70. The minimum Gasteiger partial charge on any atom is -0.542 e. The summed E-state index contributed by atoms with van der Waals surface area (Å²) in [4.78, 5) is 36.6. The molecule has 0 atom stereocenters. The maximum absolute atomic E-state index is 13.4. The molecule has 1 aliphatic rings. The average Bonchev–Trinajstić information content (AvgIpc) is 3.42. The van der Waals surface area contributed by atoms with Gasteiger partial charge in [-0.2, -0.15) is 0 Å². The van der Waals surface area contributed by atoms with Gasteiger partial charge in [0.25, 0.3) is 0 Å². The van der Waals surface area contributed by atoms with E-state index in [-0.39, 0.29) is 63.9 Å². The van der Waals surface area contributed by atoms with Crippen molar-refractivity contribution < 1.29 is 66.0 Å². The number of nitrogens with zero attached hydrogens (tertiary/aromatic N) is 4. The second kappa shape index (κ2) is 19.5. The summed E-state index contributed by atoms with van der Waals surface area (Å²) in [6.45, 7) is 6.00. The van der Waals surface area contributed by atoms with Gasteiger partial charge in [-0.1, -0.05) is 47.7 Å². The summed E-state index contributed by atoms with van der Waals surface area (Å²) in [5.74, 6) is -0.257. The summed E-state index contributed by atoms with van der Waals surface area (Å²) >= 11 is 0. The number of anilines is 1. The van der Waals surface area contributed by atoms with E-state index in [1.807, 2.05) is 53.2 Å². The monoisotopic (exact) mass is 681 g/mol. The Morgan fingerprint density at radius 2 is 1.48 bits per heavy atom. The molecule has 13 heteroatoms. The van der Waals surface area contributed by atoms with E-state index in [0.29, 0.717) is 71.6 Å². The first-order chi connectivity index (χ1) is 21.1. The van der Waals surface area contributed by atoms with E-state index in [9.17, 15) is 14.4 Å². The van der Waals surface area contributed by atoms with E-state index in [1.54, 1.807) is 11.2 Å². The molecule has 4 rings (SSSR count). The van der Waals surface area contributed by atoms with Crippen LogP contribution in [-0.2, 0) is 79.1 Å². The minimum absolute atomic E-state index is 0. The molecule has 0 unspecified atom stereocenters. The molecule has 0 spiro atoms. The molecular formula is C31H38N5O7Y-. The second-order valence-corrected chi connectivity index (χ2v) is 9.74. The number of ether oxygens (including phenoxy) is 4. The minimum atomic E-state index is -0.167. The normalized spacial score (nSPS) is 11.8. The molecule has 0 saturated heterocycles. The molecule has 3 aromatic rings. The van der Waals surface area contributed by atoms with Crippen molar-refractivity contribution in [2.24, 2.45) is 0 Å². The van der Waals surface area contributed by atoms with Crippen LogP contribution in [-0.4, -0.2) is 92.5 Å². The number of rotatable bonds is 18. The van der Waals surface area contributed by atoms with Crippen LogP contribution in [0, 0.1) is 0 Å². The third-order valence-corrected chi connectivity index (χ3v) is 6.71. The molecule has 2 amide bonds. The Balaban J connectivity index is 0.00000529. The second-order valence-electron chi connectivity index (χ2n) is 9.74. The Kier molecular flexibility index (Phi) is 15.8. The van der Waals surface area contributed by atoms with E-state index < -0.39 is 0 Å². The van der Waals surface area contributed by atoms with Gasteiger partial charge in [0.15, 0.2) is 0 Å². The van der Waals surface area contributed by atoms with Crippen LogP contribution < -0.4 is 10.2 Å². The molecule has 233 valence electrons. The Bertz CT molecular complexity index is 1350. The maximum atomic E-state index is 13.4. The maximum Gasteiger partial charge on any atom is 0.229 e. The van der Waals surface area contributed by atoms with Crippen LogP contribution in [0.25, 0.3) is 22.5 Å². The van der Waals surface area contributed by atoms with Gasteiger partial charge in [-0.25, -0.2) is 4.68 Å². The molecule has 1 aliphatic heterocycles. The summed E-state index contributed by atoms with van der Waals surface area (Å²) in [7, 11) is 0. The quantitative estimate of drug-likeness (QED) is 0.159. The van der Waals surface area contributed by atoms with Crippen LogP contribution in [0.5, 0.6) is 0 Å². The number of fused-ring (bicyclic) bond motifs is 5. The third kappa shape index (κ3) is 10.4. The van der Waals surface area contributed by atoms with Gasteiger partial charge in [0.05, 0.1) is 70.7 Å². The Morgan fingerprint density at radius 1 is 0.864 bits per heavy atom. The zero-order chi connectivity index (χ0) is 30.3. The number of carbonyl (C=O) groups is 2. The van der Waals surface area contributed by atoms with Crippen molar-refractivity contribution in [2.75, 3.05) is 64.3 Å². The Morgan fingerprint density at radius 3 is 2.16 bits per heavy atom. The van der Waals surface area contributed by atoms with Gasteiger partial charge in [0, 0.05) is 70.3 Å². The van der Waals surface area contributed by atoms with E-state index >= 15 is 0 Å². The molecule has 0 bridgehead atoms. The Hall–Kier alpha value is -2.87. The number of carbonyl (C=O) groups excluding carboxylic acids is 3.